The number of likely N-dealkylation sites (N-methyl/N-ethyl adjacent to an activating group) is 1. The molecule has 0 bridgehead atoms. The van der Waals surface area contributed by atoms with E-state index in [1.807, 2.05) is 47.0 Å². The van der Waals surface area contributed by atoms with E-state index in [-0.39, 0.29) is 11.8 Å². The van der Waals surface area contributed by atoms with Gasteiger partial charge in [0, 0.05) is 47.9 Å². The van der Waals surface area contributed by atoms with Crippen LogP contribution in [0.25, 0.3) is 22.8 Å². The van der Waals surface area contributed by atoms with Crippen LogP contribution in [0, 0.1) is 0 Å². The molecule has 3 heterocycles. The maximum absolute atomic E-state index is 13.6. The third kappa shape index (κ3) is 5.91. The van der Waals surface area contributed by atoms with Crippen molar-refractivity contribution < 1.29 is 19.5 Å². The minimum absolute atomic E-state index is 0.312. The Balaban J connectivity index is 1.24. The molecule has 2 aliphatic rings. The zero-order chi connectivity index (χ0) is 30.0. The first-order chi connectivity index (χ1) is 20.8. The van der Waals surface area contributed by atoms with Gasteiger partial charge in [-0.2, -0.15) is 5.10 Å². The van der Waals surface area contributed by atoms with Crippen molar-refractivity contribution in [3.05, 3.63) is 89.8 Å². The molecule has 0 radical (unpaired) electrons. The molecule has 2 aromatic heterocycles. The van der Waals surface area contributed by atoms with Gasteiger partial charge in [0.25, 0.3) is 11.8 Å². The number of carbonyl (C=O) groups excluding carboxylic acids is 2. The van der Waals surface area contributed by atoms with Crippen LogP contribution in [0.2, 0.25) is 0 Å². The average molecular weight is 579 g/mol. The number of carboxylic acid groups (broad SMARTS) is 1. The van der Waals surface area contributed by atoms with Crippen LogP contribution in [-0.2, 0) is 9.59 Å². The number of hydrogen-bond donors (Lipinski definition) is 3. The summed E-state index contributed by atoms with van der Waals surface area (Å²) in [6, 6.07) is 18.2. The fourth-order valence-electron chi connectivity index (χ4n) is 6.21. The van der Waals surface area contributed by atoms with Gasteiger partial charge in [-0.05, 0) is 67.9 Å². The summed E-state index contributed by atoms with van der Waals surface area (Å²) in [5, 5.41) is 20.7. The van der Waals surface area contributed by atoms with Crippen molar-refractivity contribution in [2.45, 2.75) is 43.6 Å². The SMILES string of the molecule is CN1CC(NC(=O)c2ccc3c(C4CCCCC4)n(-c4ccccn4)nc3c2)(C(=O)Nc2ccc(/C=C/C(=O)O)cc2)C1. The predicted octanol–water partition coefficient (Wildman–Crippen LogP) is 4.62. The molecule has 4 aromatic rings. The van der Waals surface area contributed by atoms with E-state index < -0.39 is 11.5 Å². The summed E-state index contributed by atoms with van der Waals surface area (Å²) in [6.07, 6.45) is 10.1. The molecule has 0 unspecified atom stereocenters. The summed E-state index contributed by atoms with van der Waals surface area (Å²) in [6.45, 7) is 0.735. The molecule has 6 rings (SSSR count). The summed E-state index contributed by atoms with van der Waals surface area (Å²) in [5.41, 5.74) is 2.45. The van der Waals surface area contributed by atoms with Crippen molar-refractivity contribution in [3.8, 4) is 5.82 Å². The zero-order valence-electron chi connectivity index (χ0n) is 24.0. The van der Waals surface area contributed by atoms with Gasteiger partial charge in [-0.25, -0.2) is 14.5 Å². The van der Waals surface area contributed by atoms with Crippen LogP contribution in [0.1, 0.15) is 59.6 Å². The lowest BCUT2D eigenvalue weighted by molar-refractivity contribution is -0.131. The lowest BCUT2D eigenvalue weighted by Crippen LogP contribution is -2.74. The smallest absolute Gasteiger partial charge is 0.328 e. The Morgan fingerprint density at radius 3 is 2.44 bits per heavy atom. The number of hydrogen-bond acceptors (Lipinski definition) is 6. The van der Waals surface area contributed by atoms with Crippen LogP contribution in [0.15, 0.2) is 72.9 Å². The first kappa shape index (κ1) is 28.3. The number of anilines is 1. The summed E-state index contributed by atoms with van der Waals surface area (Å²) in [4.78, 5) is 44.3. The number of benzene rings is 2. The molecule has 0 atom stereocenters. The van der Waals surface area contributed by atoms with E-state index >= 15 is 0 Å². The van der Waals surface area contributed by atoms with Gasteiger partial charge in [0.1, 0.15) is 5.54 Å². The highest BCUT2D eigenvalue weighted by atomic mass is 16.4. The number of aliphatic carboxylic acids is 1. The van der Waals surface area contributed by atoms with Gasteiger partial charge in [0.05, 0.1) is 11.2 Å². The lowest BCUT2D eigenvalue weighted by Gasteiger charge is -2.47. The first-order valence-electron chi connectivity index (χ1n) is 14.6. The van der Waals surface area contributed by atoms with E-state index in [1.165, 1.54) is 25.3 Å². The van der Waals surface area contributed by atoms with E-state index in [1.54, 1.807) is 36.5 Å². The molecule has 1 aliphatic carbocycles. The second-order valence-corrected chi connectivity index (χ2v) is 11.5. The number of nitrogens with one attached hydrogen (secondary N) is 2. The Kier molecular flexibility index (Phi) is 7.77. The number of pyridine rings is 1. The largest absolute Gasteiger partial charge is 0.478 e. The van der Waals surface area contributed by atoms with Gasteiger partial charge >= 0.3 is 5.97 Å². The number of aromatic nitrogens is 3. The van der Waals surface area contributed by atoms with Crippen LogP contribution in [-0.4, -0.2) is 68.2 Å². The summed E-state index contributed by atoms with van der Waals surface area (Å²) in [7, 11) is 1.89. The molecular weight excluding hydrogens is 544 g/mol. The molecule has 220 valence electrons. The molecule has 1 aliphatic heterocycles. The molecular formula is C33H34N6O4. The minimum Gasteiger partial charge on any atom is -0.478 e. The second kappa shape index (κ2) is 11.8. The molecule has 10 nitrogen and oxygen atoms in total. The molecule has 2 aromatic carbocycles. The van der Waals surface area contributed by atoms with Crippen LogP contribution in [0.5, 0.6) is 0 Å². The Morgan fingerprint density at radius 1 is 1.00 bits per heavy atom. The summed E-state index contributed by atoms with van der Waals surface area (Å²) >= 11 is 0. The lowest BCUT2D eigenvalue weighted by atomic mass is 9.85. The molecule has 1 saturated heterocycles. The number of rotatable bonds is 8. The third-order valence-corrected chi connectivity index (χ3v) is 8.28. The normalized spacial score (nSPS) is 17.0. The second-order valence-electron chi connectivity index (χ2n) is 11.5. The predicted molar refractivity (Wildman–Crippen MR) is 164 cm³/mol. The van der Waals surface area contributed by atoms with Crippen LogP contribution < -0.4 is 10.6 Å². The Bertz CT molecular complexity index is 1680. The highest BCUT2D eigenvalue weighted by Gasteiger charge is 2.49. The van der Waals surface area contributed by atoms with Crippen LogP contribution in [0.3, 0.4) is 0 Å². The third-order valence-electron chi connectivity index (χ3n) is 8.28. The van der Waals surface area contributed by atoms with Crippen molar-refractivity contribution in [3.63, 3.8) is 0 Å². The molecule has 2 fully saturated rings. The molecule has 43 heavy (non-hydrogen) atoms. The van der Waals surface area contributed by atoms with E-state index in [0.717, 1.165) is 41.3 Å². The first-order valence-corrected chi connectivity index (χ1v) is 14.6. The van der Waals surface area contributed by atoms with Crippen molar-refractivity contribution >= 4 is 40.4 Å². The number of fused-ring (bicyclic) bond motifs is 1. The quantitative estimate of drug-likeness (QED) is 0.260. The van der Waals surface area contributed by atoms with E-state index in [4.69, 9.17) is 10.2 Å². The summed E-state index contributed by atoms with van der Waals surface area (Å²) < 4.78 is 1.93. The van der Waals surface area contributed by atoms with Gasteiger partial charge < -0.3 is 20.6 Å². The van der Waals surface area contributed by atoms with Crippen molar-refractivity contribution in [1.82, 2.24) is 25.0 Å². The zero-order valence-corrected chi connectivity index (χ0v) is 24.0. The van der Waals surface area contributed by atoms with E-state index in [9.17, 15) is 14.4 Å². The Labute approximate surface area is 249 Å². The standard InChI is InChI=1S/C33H34N6O4/c1-38-20-33(21-38,32(43)35-25-14-10-22(11-15-25)12-17-29(40)41)36-31(42)24-13-16-26-27(19-24)37-39(28-9-5-6-18-34-28)30(26)23-7-3-2-4-8-23/h5-6,9-19,23H,2-4,7-8,20-21H2,1H3,(H,35,43)(H,36,42)(H,40,41)/b17-12+. The summed E-state index contributed by atoms with van der Waals surface area (Å²) in [5.74, 6) is -0.558. The van der Waals surface area contributed by atoms with Crippen molar-refractivity contribution in [1.29, 1.82) is 0 Å². The topological polar surface area (TPSA) is 129 Å². The minimum atomic E-state index is -1.09. The highest BCUT2D eigenvalue weighted by molar-refractivity contribution is 6.06. The number of likely N-dealkylation sites (tertiary alicyclic amines) is 1. The van der Waals surface area contributed by atoms with Gasteiger partial charge in [0.15, 0.2) is 5.82 Å². The van der Waals surface area contributed by atoms with Crippen molar-refractivity contribution in [2.75, 3.05) is 25.5 Å². The molecule has 0 spiro atoms. The number of nitrogens with zero attached hydrogens (tertiary/aromatic N) is 4. The average Bonchev–Trinajstić information content (AvgIpc) is 3.39. The maximum atomic E-state index is 13.6. The Hall–Kier alpha value is -4.83. The van der Waals surface area contributed by atoms with Gasteiger partial charge in [-0.15, -0.1) is 0 Å². The monoisotopic (exact) mass is 578 g/mol. The van der Waals surface area contributed by atoms with Crippen molar-refractivity contribution in [2.24, 2.45) is 0 Å². The van der Waals surface area contributed by atoms with Crippen LogP contribution in [0.4, 0.5) is 5.69 Å². The number of amides is 2. The van der Waals surface area contributed by atoms with E-state index in [0.29, 0.717) is 35.8 Å². The number of carbonyl (C=O) groups is 3. The van der Waals surface area contributed by atoms with Gasteiger partial charge in [-0.3, -0.25) is 9.59 Å². The van der Waals surface area contributed by atoms with E-state index in [2.05, 4.69) is 15.6 Å². The maximum Gasteiger partial charge on any atom is 0.328 e. The number of carboxylic acids is 1. The molecule has 2 amide bonds. The molecule has 3 N–H and O–H groups in total. The van der Waals surface area contributed by atoms with Gasteiger partial charge in [0.2, 0.25) is 0 Å². The fourth-order valence-corrected chi connectivity index (χ4v) is 6.21. The molecule has 1 saturated carbocycles. The fraction of sp³-hybridized carbons (Fsp3) is 0.303. The highest BCUT2D eigenvalue weighted by Crippen LogP contribution is 2.37. The van der Waals surface area contributed by atoms with Gasteiger partial charge in [-0.1, -0.05) is 43.5 Å². The Morgan fingerprint density at radius 2 is 1.77 bits per heavy atom. The molecule has 10 heteroatoms. The van der Waals surface area contributed by atoms with Crippen LogP contribution >= 0.6 is 0 Å².